The normalized spacial score (nSPS) is 24.2. The lowest BCUT2D eigenvalue weighted by atomic mass is 9.88. The fourth-order valence-corrected chi connectivity index (χ4v) is 39.1. The maximum atomic E-state index is 16.8. The van der Waals surface area contributed by atoms with Crippen molar-refractivity contribution in [3.8, 4) is 0 Å². The van der Waals surface area contributed by atoms with Gasteiger partial charge in [-0.2, -0.15) is 8.42 Å². The van der Waals surface area contributed by atoms with Crippen molar-refractivity contribution in [3.05, 3.63) is 96.4 Å². The van der Waals surface area contributed by atoms with E-state index in [1.807, 2.05) is 33.8 Å². The Morgan fingerprint density at radius 2 is 0.833 bits per heavy atom. The number of aliphatic hydroxyl groups excluding tert-OH is 1. The number of hydrogen-bond acceptors (Lipinski definition) is 22. The highest BCUT2D eigenvalue weighted by Gasteiger charge is 2.60. The van der Waals surface area contributed by atoms with Crippen LogP contribution in [0.25, 0.3) is 0 Å². The molecular formula is C85H133Br3F3N9O13S4Si3. The topological polar surface area (TPSA) is 307 Å². The molecule has 1 N–H and O–H groups in total. The Morgan fingerprint density at radius 1 is 0.517 bits per heavy atom. The minimum absolute atomic E-state index is 0.00232. The van der Waals surface area contributed by atoms with Gasteiger partial charge in [-0.05, 0) is 232 Å². The maximum absolute atomic E-state index is 16.8. The van der Waals surface area contributed by atoms with Crippen LogP contribution >= 0.6 is 47.8 Å². The zero-order chi connectivity index (χ0) is 91.4. The van der Waals surface area contributed by atoms with E-state index >= 15 is 17.4 Å². The van der Waals surface area contributed by atoms with Crippen molar-refractivity contribution in [1.29, 1.82) is 0 Å². The number of benzene rings is 1. The molecule has 120 heavy (non-hydrogen) atoms. The summed E-state index contributed by atoms with van der Waals surface area (Å²) in [5, 5.41) is 11.0. The molecule has 7 atom stereocenters. The average molecular weight is 2000 g/mol. The van der Waals surface area contributed by atoms with Gasteiger partial charge in [-0.15, -0.1) is 0 Å². The van der Waals surface area contributed by atoms with Crippen LogP contribution in [0.4, 0.5) is 13.2 Å². The predicted octanol–water partition coefficient (Wildman–Crippen LogP) is 18.5. The summed E-state index contributed by atoms with van der Waals surface area (Å²) >= 11 is 10.5. The second-order valence-electron chi connectivity index (χ2n) is 37.0. The summed E-state index contributed by atoms with van der Waals surface area (Å²) in [6.45, 7) is 52.0. The molecule has 0 aliphatic carbocycles. The second kappa shape index (κ2) is 39.1. The van der Waals surface area contributed by atoms with Crippen LogP contribution < -0.4 is 15.6 Å². The number of carbonyl (C=O) groups excluding carboxylic acids is 3. The number of halogens is 6. The Kier molecular flexibility index (Phi) is 34.0. The number of fused-ring (bicyclic) bond motifs is 1. The first-order chi connectivity index (χ1) is 55.0. The van der Waals surface area contributed by atoms with E-state index in [0.29, 0.717) is 48.6 Å². The first-order valence-electron chi connectivity index (χ1n) is 41.8. The fraction of sp³-hybridized carbons (Fsp3) is 0.682. The van der Waals surface area contributed by atoms with Gasteiger partial charge in [0.15, 0.2) is 0 Å². The molecule has 3 aromatic heterocycles. The van der Waals surface area contributed by atoms with Gasteiger partial charge < -0.3 is 19.3 Å². The lowest BCUT2D eigenvalue weighted by Crippen LogP contribution is -2.57. The summed E-state index contributed by atoms with van der Waals surface area (Å²) in [4.78, 5) is 67.5. The third-order valence-corrected chi connectivity index (χ3v) is 54.5. The molecule has 35 heteroatoms. The monoisotopic (exact) mass is 1990 g/mol. The molecule has 1 aromatic carbocycles. The van der Waals surface area contributed by atoms with E-state index in [1.54, 1.807) is 128 Å². The van der Waals surface area contributed by atoms with Crippen LogP contribution in [-0.2, 0) is 88.7 Å². The number of carbonyl (C=O) groups is 3. The average Bonchev–Trinajstić information content (AvgIpc) is 1.40. The Labute approximate surface area is 743 Å². The van der Waals surface area contributed by atoms with E-state index in [1.165, 1.54) is 12.1 Å². The molecule has 0 fully saturated rings. The highest BCUT2D eigenvalue weighted by molar-refractivity contribution is 9.11. The van der Waals surface area contributed by atoms with Crippen LogP contribution in [0.15, 0.2) is 89.2 Å². The van der Waals surface area contributed by atoms with Crippen LogP contribution in [0, 0.1) is 24.4 Å². The molecule has 4 aromatic rings. The van der Waals surface area contributed by atoms with Crippen molar-refractivity contribution < 1.29 is 72.1 Å². The Balaban J connectivity index is 0.000000282. The molecule has 674 valence electrons. The van der Waals surface area contributed by atoms with E-state index in [4.69, 9.17) is 33.4 Å². The van der Waals surface area contributed by atoms with Crippen molar-refractivity contribution in [1.82, 2.24) is 15.0 Å². The number of rotatable bonds is 28. The summed E-state index contributed by atoms with van der Waals surface area (Å²) in [6.07, 6.45) is -0.0851. The van der Waals surface area contributed by atoms with Gasteiger partial charge in [0.1, 0.15) is 81.8 Å². The van der Waals surface area contributed by atoms with Gasteiger partial charge in [0.25, 0.3) is 10.1 Å². The number of pyridine rings is 3. The van der Waals surface area contributed by atoms with Crippen LogP contribution in [0.1, 0.15) is 235 Å². The van der Waals surface area contributed by atoms with Crippen LogP contribution in [0.5, 0.6) is 0 Å². The molecule has 22 nitrogen and oxygen atoms in total. The maximum Gasteiger partial charge on any atom is 0.312 e. The Bertz CT molecular complexity index is 5070. The van der Waals surface area contributed by atoms with Gasteiger partial charge in [-0.25, -0.2) is 53.8 Å². The van der Waals surface area contributed by atoms with Gasteiger partial charge in [0.2, 0.25) is 0 Å². The van der Waals surface area contributed by atoms with E-state index in [9.17, 15) is 36.3 Å². The molecule has 0 unspecified atom stereocenters. The minimum Gasteiger partial charge on any atom is -0.460 e. The van der Waals surface area contributed by atoms with Crippen LogP contribution in [0.2, 0.25) is 54.4 Å². The lowest BCUT2D eigenvalue weighted by molar-refractivity contribution is -0.154. The molecule has 4 aliphatic rings. The Morgan fingerprint density at radius 3 is 1.16 bits per heavy atom. The molecule has 0 bridgehead atoms. The SMILES string of the molecule is CC[Si](CC)(CC)c1cc(Br)nc([C@@]2(C)N=C(CC(=O)OC(C)(C)C)C(C)(C)[S@]3(=O)=NCC[C@H]23)c1F.CC[Si](CC)(CC)c1cc(Br)nc([C@]2(C)C[S@@](=O)(=NCCO)C(C)(C)C(CC(=O)OC(C)(C)C)=N2)c1F.CC[Si](CC)(CC)c1cc(Br)nc([C@]2(C)C[S@@](=O)(=NCCOS(=O)(=O)c3ccc(C)cc3)C(C)(C)C(CC(=O)OC(C)(C)C)=N2)c1F. The minimum atomic E-state index is -4.07. The van der Waals surface area contributed by atoms with E-state index in [0.717, 1.165) is 65.1 Å². The third-order valence-electron chi connectivity index (χ3n) is 24.8. The van der Waals surface area contributed by atoms with Crippen molar-refractivity contribution in [3.63, 3.8) is 0 Å². The molecule has 0 amide bonds. The number of hydrogen-bond donors (Lipinski definition) is 1. The smallest absolute Gasteiger partial charge is 0.312 e. The molecular weight excluding hydrogens is 1860 g/mol. The number of aromatic nitrogens is 3. The molecule has 0 spiro atoms. The standard InChI is InChI=1S/C33H49BrFN3O6S2Si.C26H43BrFN3O4SSi.C26H41BrFN3O3SSi/c1-11-47(12-2,13-3)25-20-27(34)37-30(29(25)35)33(10)22-45(40,32(8,9)26(38-33)21-28(39)44-31(5,6)7)36-18-19-43-46(41,42)24-16-14-23(4)15-17-24;1-10-37(11-2,12-3)18-15-20(27)30-23(22(18)28)26(9)17-36(34,29-13-14-32)25(7,8)19(31-26)16-21(33)35-24(4,5)6;1-10-36(11-2,12-3)17-15-20(27)30-23(22(17)28)26(9)19-13-14-29-35(19,33)25(7,8)18(31-26)16-21(32)34-24(4,5)6/h14-17,20H,11-13,18-19,21-22H2,1-10H3;15,32H,10-14,16-17H2,1-9H3;15,19H,10-14,16H2,1-9H3/t33-,45-;26-,36-;19-,26+,35+/m001/s1. The first-order valence-corrected chi connectivity index (χ1v) is 58.4. The largest absolute Gasteiger partial charge is 0.460 e. The highest BCUT2D eigenvalue weighted by Crippen LogP contribution is 2.50. The molecule has 8 rings (SSSR count). The first kappa shape index (κ1) is 104. The van der Waals surface area contributed by atoms with Crippen molar-refractivity contribution in [2.75, 3.05) is 44.4 Å². The zero-order valence-electron chi connectivity index (χ0n) is 76.0. The Hall–Kier alpha value is -4.31. The quantitative estimate of drug-likeness (QED) is 0.0138. The number of aryl methyl sites for hydroxylation is 1. The van der Waals surface area contributed by atoms with Gasteiger partial charge in [0.05, 0.1) is 135 Å². The molecule has 4 aliphatic heterocycles. The summed E-state index contributed by atoms with van der Waals surface area (Å²) in [7, 11) is -19.9. The predicted molar refractivity (Wildman–Crippen MR) is 500 cm³/mol. The van der Waals surface area contributed by atoms with Crippen LogP contribution in [0.3, 0.4) is 0 Å². The summed E-state index contributed by atoms with van der Waals surface area (Å²) < 4.78 is 153. The number of aliphatic imine (C=N–C) groups is 3. The number of esters is 3. The van der Waals surface area contributed by atoms with E-state index in [2.05, 4.69) is 138 Å². The molecule has 0 saturated heterocycles. The lowest BCUT2D eigenvalue weighted by Gasteiger charge is -2.45. The van der Waals surface area contributed by atoms with Gasteiger partial charge >= 0.3 is 17.9 Å². The van der Waals surface area contributed by atoms with Gasteiger partial charge in [-0.1, -0.05) is 134 Å². The zero-order valence-corrected chi connectivity index (χ0v) is 87.1. The van der Waals surface area contributed by atoms with Crippen molar-refractivity contribution in [2.45, 2.75) is 332 Å². The number of ether oxygens (including phenoxy) is 3. The highest BCUT2D eigenvalue weighted by atomic mass is 79.9. The summed E-state index contributed by atoms with van der Waals surface area (Å²) in [6, 6.07) is 19.5. The molecule has 0 saturated carbocycles. The summed E-state index contributed by atoms with van der Waals surface area (Å²) in [5.41, 5.74) is -3.91. The van der Waals surface area contributed by atoms with Crippen molar-refractivity contribution >= 4 is 162 Å². The van der Waals surface area contributed by atoms with E-state index in [-0.39, 0.29) is 90.6 Å². The molecule has 7 heterocycles. The number of aliphatic hydroxyl groups is 1. The molecule has 0 radical (unpaired) electrons. The fourth-order valence-electron chi connectivity index (χ4n) is 16.9. The van der Waals surface area contributed by atoms with Gasteiger partial charge in [-0.3, -0.25) is 33.5 Å². The van der Waals surface area contributed by atoms with Gasteiger partial charge in [0, 0.05) is 23.7 Å². The van der Waals surface area contributed by atoms with E-state index < -0.39 is 146 Å². The van der Waals surface area contributed by atoms with Crippen molar-refractivity contribution in [2.24, 2.45) is 28.1 Å². The summed E-state index contributed by atoms with van der Waals surface area (Å²) in [5.74, 6) is -3.03. The number of nitrogens with zero attached hydrogens (tertiary/aromatic N) is 9. The second-order valence-corrected chi connectivity index (χ2v) is 65.4. The van der Waals surface area contributed by atoms with Crippen LogP contribution in [-0.4, -0.2) is 181 Å². The third kappa shape index (κ3) is 22.3.